The second-order valence-electron chi connectivity index (χ2n) is 3.34. The minimum absolute atomic E-state index is 0.0845. The monoisotopic (exact) mass is 275 g/mol. The quantitative estimate of drug-likeness (QED) is 0.646. The van der Waals surface area contributed by atoms with Crippen molar-refractivity contribution in [2.24, 2.45) is 0 Å². The van der Waals surface area contributed by atoms with Gasteiger partial charge in [0.05, 0.1) is 13.1 Å². The van der Waals surface area contributed by atoms with E-state index in [1.54, 1.807) is 19.0 Å². The first kappa shape index (κ1) is 12.3. The lowest BCUT2D eigenvalue weighted by Gasteiger charge is -2.22. The Bertz CT molecular complexity index is 287. The predicted molar refractivity (Wildman–Crippen MR) is 58.1 cm³/mol. The molecule has 1 rings (SSSR count). The molecule has 0 N–H and O–H groups in total. The highest BCUT2D eigenvalue weighted by atomic mass is 79.9. The van der Waals surface area contributed by atoms with E-state index in [4.69, 9.17) is 9.31 Å². The zero-order valence-electron chi connectivity index (χ0n) is 8.53. The van der Waals surface area contributed by atoms with Gasteiger partial charge in [-0.2, -0.15) is 0 Å². The summed E-state index contributed by atoms with van der Waals surface area (Å²) in [6, 6.07) is 0. The average molecular weight is 276 g/mol. The minimum Gasteiger partial charge on any atom is -0.495 e. The summed E-state index contributed by atoms with van der Waals surface area (Å²) in [6.45, 7) is 1.87. The van der Waals surface area contributed by atoms with E-state index in [1.807, 2.05) is 0 Å². The molecular weight excluding hydrogens is 265 g/mol. The Hall–Kier alpha value is -0.815. The van der Waals surface area contributed by atoms with Crippen LogP contribution in [0.15, 0.2) is 10.5 Å². The molecule has 0 bridgehead atoms. The third-order valence-electron chi connectivity index (χ3n) is 1.82. The number of rotatable bonds is 1. The Morgan fingerprint density at radius 1 is 1.40 bits per heavy atom. The van der Waals surface area contributed by atoms with Crippen LogP contribution in [-0.4, -0.2) is 44.1 Å². The summed E-state index contributed by atoms with van der Waals surface area (Å²) in [7, 11) is 0.730. The van der Waals surface area contributed by atoms with Crippen LogP contribution >= 0.6 is 15.9 Å². The molecule has 1 fully saturated rings. The van der Waals surface area contributed by atoms with Crippen LogP contribution in [0.2, 0.25) is 0 Å². The number of likely N-dealkylation sites (N-methyl/N-ethyl adjacent to an activating group) is 1. The van der Waals surface area contributed by atoms with Crippen molar-refractivity contribution < 1.29 is 18.9 Å². The molecule has 0 amide bonds. The lowest BCUT2D eigenvalue weighted by atomic mass is 9.80. The van der Waals surface area contributed by atoms with E-state index in [0.29, 0.717) is 5.47 Å². The number of nitrogens with zero attached hydrogens (tertiary/aromatic N) is 1. The fourth-order valence-corrected chi connectivity index (χ4v) is 1.29. The van der Waals surface area contributed by atoms with Crippen LogP contribution in [0.4, 0.5) is 0 Å². The molecule has 0 aliphatic carbocycles. The molecule has 1 aliphatic heterocycles. The summed E-state index contributed by atoms with van der Waals surface area (Å²) >= 11 is 3.09. The van der Waals surface area contributed by atoms with Gasteiger partial charge in [0.1, 0.15) is 0 Å². The van der Waals surface area contributed by atoms with Crippen LogP contribution < -0.4 is 0 Å². The average Bonchev–Trinajstić information content (AvgIpc) is 2.12. The maximum absolute atomic E-state index is 11.3. The molecule has 0 aromatic rings. The fourth-order valence-electron chi connectivity index (χ4n) is 1.07. The van der Waals surface area contributed by atoms with Crippen LogP contribution in [0, 0.1) is 0 Å². The molecule has 0 radical (unpaired) electrons. The maximum atomic E-state index is 11.3. The number of allylic oxidation sites excluding steroid dienone is 1. The molecule has 0 aromatic heterocycles. The highest BCUT2D eigenvalue weighted by Gasteiger charge is 2.33. The van der Waals surface area contributed by atoms with Crippen LogP contribution in [0.5, 0.6) is 0 Å². The van der Waals surface area contributed by atoms with Gasteiger partial charge in [-0.05, 0) is 24.4 Å². The third kappa shape index (κ3) is 3.68. The van der Waals surface area contributed by atoms with E-state index in [0.717, 1.165) is 0 Å². The molecule has 0 atom stereocenters. The molecule has 7 heteroatoms. The highest BCUT2D eigenvalue weighted by molar-refractivity contribution is 9.11. The Morgan fingerprint density at radius 2 is 1.87 bits per heavy atom. The van der Waals surface area contributed by atoms with E-state index in [9.17, 15) is 9.59 Å². The SMILES string of the molecule is C/C(=C\Br)B1OC(=O)CN(C)CC(=O)O1. The van der Waals surface area contributed by atoms with Gasteiger partial charge in [0.15, 0.2) is 0 Å². The zero-order chi connectivity index (χ0) is 11.4. The minimum atomic E-state index is -0.918. The Kier molecular flexibility index (Phi) is 4.35. The number of carbonyl (C=O) groups is 2. The largest absolute Gasteiger partial charge is 0.632 e. The molecule has 82 valence electrons. The van der Waals surface area contributed by atoms with Crippen LogP contribution in [0.3, 0.4) is 0 Å². The standard InChI is InChI=1S/C8H11BBrNO4/c1-6(3-10)9-14-7(12)4-11(2)5-8(13)15-9/h3H,4-5H2,1-2H3/b6-3+. The summed E-state index contributed by atoms with van der Waals surface area (Å²) in [5.41, 5.74) is 0.626. The van der Waals surface area contributed by atoms with Gasteiger partial charge in [-0.1, -0.05) is 15.9 Å². The van der Waals surface area contributed by atoms with E-state index in [2.05, 4.69) is 15.9 Å². The van der Waals surface area contributed by atoms with Crippen molar-refractivity contribution in [1.82, 2.24) is 4.90 Å². The van der Waals surface area contributed by atoms with Gasteiger partial charge in [-0.25, -0.2) is 0 Å². The molecule has 1 saturated heterocycles. The smallest absolute Gasteiger partial charge is 0.495 e. The Labute approximate surface area is 96.7 Å². The molecule has 0 unspecified atom stereocenters. The predicted octanol–water partition coefficient (Wildman–Crippen LogP) is 0.344. The fraction of sp³-hybridized carbons (Fsp3) is 0.500. The first-order valence-electron chi connectivity index (χ1n) is 4.37. The van der Waals surface area contributed by atoms with Crippen LogP contribution in [0.1, 0.15) is 6.92 Å². The van der Waals surface area contributed by atoms with Gasteiger partial charge >= 0.3 is 19.1 Å². The van der Waals surface area contributed by atoms with Crippen molar-refractivity contribution in [3.05, 3.63) is 10.5 Å². The van der Waals surface area contributed by atoms with Gasteiger partial charge < -0.3 is 9.31 Å². The lowest BCUT2D eigenvalue weighted by molar-refractivity contribution is -0.145. The maximum Gasteiger partial charge on any atom is 0.632 e. The zero-order valence-corrected chi connectivity index (χ0v) is 10.1. The third-order valence-corrected chi connectivity index (χ3v) is 2.54. The summed E-state index contributed by atoms with van der Waals surface area (Å²) in [4.78, 5) is 25.7. The number of carbonyl (C=O) groups excluding carboxylic acids is 2. The van der Waals surface area contributed by atoms with Gasteiger partial charge in [-0.15, -0.1) is 0 Å². The first-order chi connectivity index (χ1) is 7.02. The van der Waals surface area contributed by atoms with E-state index >= 15 is 0 Å². The van der Waals surface area contributed by atoms with Gasteiger partial charge in [0, 0.05) is 0 Å². The topological polar surface area (TPSA) is 55.8 Å². The molecule has 0 saturated carbocycles. The normalized spacial score (nSPS) is 20.5. The second-order valence-corrected chi connectivity index (χ2v) is 3.79. The summed E-state index contributed by atoms with van der Waals surface area (Å²) in [5.74, 6) is -0.826. The highest BCUT2D eigenvalue weighted by Crippen LogP contribution is 2.09. The van der Waals surface area contributed by atoms with Crippen molar-refractivity contribution in [3.63, 3.8) is 0 Å². The number of hydrogen-bond acceptors (Lipinski definition) is 5. The van der Waals surface area contributed by atoms with Gasteiger partial charge in [-0.3, -0.25) is 14.5 Å². The van der Waals surface area contributed by atoms with Crippen molar-refractivity contribution >= 4 is 35.0 Å². The Balaban J connectivity index is 2.74. The summed E-state index contributed by atoms with van der Waals surface area (Å²) < 4.78 is 9.93. The van der Waals surface area contributed by atoms with Crippen LogP contribution in [-0.2, 0) is 18.9 Å². The van der Waals surface area contributed by atoms with E-state index < -0.39 is 19.1 Å². The van der Waals surface area contributed by atoms with E-state index in [-0.39, 0.29) is 13.1 Å². The summed E-state index contributed by atoms with van der Waals surface area (Å²) in [5, 5.41) is 0. The number of hydrogen-bond donors (Lipinski definition) is 0. The first-order valence-corrected chi connectivity index (χ1v) is 5.29. The van der Waals surface area contributed by atoms with E-state index in [1.165, 1.54) is 4.90 Å². The molecular formula is C8H11BBrNO4. The van der Waals surface area contributed by atoms with Gasteiger partial charge in [0.2, 0.25) is 0 Å². The second kappa shape index (κ2) is 5.32. The van der Waals surface area contributed by atoms with Gasteiger partial charge in [0.25, 0.3) is 0 Å². The molecule has 0 aromatic carbocycles. The van der Waals surface area contributed by atoms with Crippen molar-refractivity contribution in [3.8, 4) is 0 Å². The van der Waals surface area contributed by atoms with Crippen molar-refractivity contribution in [2.75, 3.05) is 20.1 Å². The number of halogens is 1. The van der Waals surface area contributed by atoms with Crippen molar-refractivity contribution in [2.45, 2.75) is 6.92 Å². The molecule has 15 heavy (non-hydrogen) atoms. The molecule has 5 nitrogen and oxygen atoms in total. The molecule has 0 spiro atoms. The van der Waals surface area contributed by atoms with Crippen LogP contribution in [0.25, 0.3) is 0 Å². The Morgan fingerprint density at radius 3 is 2.27 bits per heavy atom. The molecule has 1 aliphatic rings. The summed E-state index contributed by atoms with van der Waals surface area (Å²) in [6.07, 6.45) is 0. The molecule has 1 heterocycles. The van der Waals surface area contributed by atoms with Crippen molar-refractivity contribution in [1.29, 1.82) is 0 Å². The lowest BCUT2D eigenvalue weighted by Crippen LogP contribution is -2.43.